The topological polar surface area (TPSA) is 92.1 Å². The number of para-hydroxylation sites is 1. The molecule has 0 saturated heterocycles. The van der Waals surface area contributed by atoms with E-state index < -0.39 is 12.1 Å². The number of hydrogen-bond acceptors (Lipinski definition) is 6. The average Bonchev–Trinajstić information content (AvgIpc) is 3.06. The molecule has 8 nitrogen and oxygen atoms in total. The first-order chi connectivity index (χ1) is 12.9. The third-order valence-electron chi connectivity index (χ3n) is 4.62. The van der Waals surface area contributed by atoms with Gasteiger partial charge in [-0.15, -0.1) is 0 Å². The SMILES string of the molecule is CNC(=O)CN1c2ccccc2C(=O)N(C)C1c1cc(C(=O)OC)c(C)o1. The van der Waals surface area contributed by atoms with Gasteiger partial charge >= 0.3 is 5.97 Å². The van der Waals surface area contributed by atoms with Crippen molar-refractivity contribution in [1.29, 1.82) is 0 Å². The first kappa shape index (κ1) is 18.5. The van der Waals surface area contributed by atoms with Crippen molar-refractivity contribution in [2.45, 2.75) is 13.1 Å². The lowest BCUT2D eigenvalue weighted by Gasteiger charge is -2.42. The lowest BCUT2D eigenvalue weighted by Crippen LogP contribution is -2.50. The van der Waals surface area contributed by atoms with Crippen LogP contribution >= 0.6 is 0 Å². The highest BCUT2D eigenvalue weighted by molar-refractivity contribution is 6.02. The Labute approximate surface area is 156 Å². The number of aryl methyl sites for hydroxylation is 1. The fourth-order valence-corrected chi connectivity index (χ4v) is 3.24. The van der Waals surface area contributed by atoms with Crippen molar-refractivity contribution in [3.63, 3.8) is 0 Å². The monoisotopic (exact) mass is 371 g/mol. The minimum absolute atomic E-state index is 0.0170. The summed E-state index contributed by atoms with van der Waals surface area (Å²) in [6.45, 7) is 1.67. The van der Waals surface area contributed by atoms with Gasteiger partial charge in [0.25, 0.3) is 5.91 Å². The summed E-state index contributed by atoms with van der Waals surface area (Å²) in [6.07, 6.45) is -0.679. The lowest BCUT2D eigenvalue weighted by molar-refractivity contribution is -0.119. The Morgan fingerprint density at radius 2 is 2.00 bits per heavy atom. The number of carbonyl (C=O) groups excluding carboxylic acids is 3. The van der Waals surface area contributed by atoms with E-state index in [4.69, 9.17) is 9.15 Å². The molecule has 0 fully saturated rings. The summed E-state index contributed by atoms with van der Waals surface area (Å²) >= 11 is 0. The summed E-state index contributed by atoms with van der Waals surface area (Å²) in [7, 11) is 4.47. The van der Waals surface area contributed by atoms with Gasteiger partial charge in [0.1, 0.15) is 17.1 Å². The molecule has 0 bridgehead atoms. The predicted molar refractivity (Wildman–Crippen MR) is 97.5 cm³/mol. The molecule has 0 saturated carbocycles. The zero-order valence-corrected chi connectivity index (χ0v) is 15.6. The van der Waals surface area contributed by atoms with Crippen molar-refractivity contribution < 1.29 is 23.5 Å². The van der Waals surface area contributed by atoms with Gasteiger partial charge in [0.2, 0.25) is 5.91 Å². The third-order valence-corrected chi connectivity index (χ3v) is 4.62. The molecule has 1 N–H and O–H groups in total. The Morgan fingerprint density at radius 1 is 1.30 bits per heavy atom. The number of esters is 1. The predicted octanol–water partition coefficient (Wildman–Crippen LogP) is 1.71. The second-order valence-electron chi connectivity index (χ2n) is 6.22. The van der Waals surface area contributed by atoms with E-state index in [1.165, 1.54) is 12.0 Å². The highest BCUT2D eigenvalue weighted by Crippen LogP contribution is 2.38. The van der Waals surface area contributed by atoms with Crippen LogP contribution in [0.25, 0.3) is 0 Å². The van der Waals surface area contributed by atoms with Gasteiger partial charge in [-0.25, -0.2) is 4.79 Å². The molecule has 2 amide bonds. The molecule has 0 aliphatic carbocycles. The van der Waals surface area contributed by atoms with Crippen LogP contribution < -0.4 is 10.2 Å². The van der Waals surface area contributed by atoms with Crippen LogP contribution in [-0.4, -0.2) is 50.4 Å². The van der Waals surface area contributed by atoms with Crippen molar-refractivity contribution in [1.82, 2.24) is 10.2 Å². The Kier molecular flexibility index (Phi) is 4.89. The highest BCUT2D eigenvalue weighted by atomic mass is 16.5. The number of anilines is 1. The van der Waals surface area contributed by atoms with E-state index in [0.29, 0.717) is 22.8 Å². The van der Waals surface area contributed by atoms with Crippen LogP contribution in [0.5, 0.6) is 0 Å². The van der Waals surface area contributed by atoms with Crippen LogP contribution in [0.3, 0.4) is 0 Å². The van der Waals surface area contributed by atoms with Gasteiger partial charge < -0.3 is 24.3 Å². The van der Waals surface area contributed by atoms with Gasteiger partial charge in [0.05, 0.1) is 24.9 Å². The first-order valence-corrected chi connectivity index (χ1v) is 8.41. The molecular weight excluding hydrogens is 350 g/mol. The van der Waals surface area contributed by atoms with Gasteiger partial charge in [-0.2, -0.15) is 0 Å². The number of nitrogens with zero attached hydrogens (tertiary/aromatic N) is 2. The van der Waals surface area contributed by atoms with Crippen molar-refractivity contribution in [3.05, 3.63) is 53.0 Å². The fraction of sp³-hybridized carbons (Fsp3) is 0.316. The van der Waals surface area contributed by atoms with Gasteiger partial charge in [0.15, 0.2) is 6.17 Å². The summed E-state index contributed by atoms with van der Waals surface area (Å²) in [4.78, 5) is 40.2. The lowest BCUT2D eigenvalue weighted by atomic mass is 10.0. The summed E-state index contributed by atoms with van der Waals surface area (Å²) in [6, 6.07) is 8.63. The summed E-state index contributed by atoms with van der Waals surface area (Å²) in [5.74, 6) is -0.171. The molecule has 1 atom stereocenters. The minimum atomic E-state index is -0.679. The standard InChI is InChI=1S/C19H21N3O5/c1-11-13(19(25)26-4)9-15(27-11)17-21(3)18(24)12-7-5-6-8-14(12)22(17)10-16(23)20-2/h5-9,17H,10H2,1-4H3,(H,20,23). The molecular formula is C19H21N3O5. The van der Waals surface area contributed by atoms with E-state index in [1.807, 2.05) is 0 Å². The summed E-state index contributed by atoms with van der Waals surface area (Å²) in [5.41, 5.74) is 1.41. The van der Waals surface area contributed by atoms with E-state index in [9.17, 15) is 14.4 Å². The number of furan rings is 1. The maximum atomic E-state index is 12.8. The van der Waals surface area contributed by atoms with Crippen LogP contribution in [-0.2, 0) is 9.53 Å². The Balaban J connectivity index is 2.13. The van der Waals surface area contributed by atoms with Crippen LogP contribution in [0, 0.1) is 6.92 Å². The first-order valence-electron chi connectivity index (χ1n) is 8.41. The van der Waals surface area contributed by atoms with Gasteiger partial charge in [-0.05, 0) is 25.1 Å². The second kappa shape index (κ2) is 7.14. The normalized spacial score (nSPS) is 16.1. The number of likely N-dealkylation sites (N-methyl/N-ethyl adjacent to an activating group) is 1. The maximum absolute atomic E-state index is 12.8. The van der Waals surface area contributed by atoms with E-state index in [2.05, 4.69) is 5.32 Å². The van der Waals surface area contributed by atoms with E-state index in [0.717, 1.165) is 0 Å². The van der Waals surface area contributed by atoms with Crippen LogP contribution in [0.2, 0.25) is 0 Å². The largest absolute Gasteiger partial charge is 0.465 e. The number of ether oxygens (including phenoxy) is 1. The van der Waals surface area contributed by atoms with Crippen molar-refractivity contribution in [2.75, 3.05) is 32.6 Å². The molecule has 3 rings (SSSR count). The number of hydrogen-bond donors (Lipinski definition) is 1. The molecule has 1 aliphatic rings. The maximum Gasteiger partial charge on any atom is 0.341 e. The van der Waals surface area contributed by atoms with E-state index in [1.54, 1.807) is 56.3 Å². The highest BCUT2D eigenvalue weighted by Gasteiger charge is 2.39. The van der Waals surface area contributed by atoms with Crippen molar-refractivity contribution >= 4 is 23.5 Å². The van der Waals surface area contributed by atoms with Crippen LogP contribution in [0.1, 0.15) is 38.4 Å². The summed E-state index contributed by atoms with van der Waals surface area (Å²) < 4.78 is 10.6. The number of amides is 2. The Morgan fingerprint density at radius 3 is 2.67 bits per heavy atom. The number of fused-ring (bicyclic) bond motifs is 1. The Hall–Kier alpha value is -3.29. The quantitative estimate of drug-likeness (QED) is 0.823. The van der Waals surface area contributed by atoms with Gasteiger partial charge in [-0.1, -0.05) is 12.1 Å². The van der Waals surface area contributed by atoms with Crippen molar-refractivity contribution in [2.24, 2.45) is 0 Å². The molecule has 2 aromatic rings. The molecule has 142 valence electrons. The average molecular weight is 371 g/mol. The second-order valence-corrected chi connectivity index (χ2v) is 6.22. The Bertz CT molecular complexity index is 905. The number of benzene rings is 1. The van der Waals surface area contributed by atoms with Gasteiger partial charge in [0, 0.05) is 14.1 Å². The summed E-state index contributed by atoms with van der Waals surface area (Å²) in [5, 5.41) is 2.60. The number of rotatable bonds is 4. The molecule has 0 radical (unpaired) electrons. The van der Waals surface area contributed by atoms with Crippen LogP contribution in [0.15, 0.2) is 34.7 Å². The molecule has 27 heavy (non-hydrogen) atoms. The number of methoxy groups -OCH3 is 1. The van der Waals surface area contributed by atoms with E-state index in [-0.39, 0.29) is 23.9 Å². The van der Waals surface area contributed by atoms with Crippen LogP contribution in [0.4, 0.5) is 5.69 Å². The molecule has 1 aromatic heterocycles. The molecule has 1 aromatic carbocycles. The molecule has 2 heterocycles. The van der Waals surface area contributed by atoms with E-state index >= 15 is 0 Å². The minimum Gasteiger partial charge on any atom is -0.465 e. The molecule has 1 unspecified atom stereocenters. The fourth-order valence-electron chi connectivity index (χ4n) is 3.24. The molecule has 8 heteroatoms. The number of carbonyl (C=O) groups is 3. The zero-order chi connectivity index (χ0) is 19.7. The van der Waals surface area contributed by atoms with Crippen molar-refractivity contribution in [3.8, 4) is 0 Å². The number of nitrogens with one attached hydrogen (secondary N) is 1. The zero-order valence-electron chi connectivity index (χ0n) is 15.6. The third kappa shape index (κ3) is 3.14. The smallest absolute Gasteiger partial charge is 0.341 e. The van der Waals surface area contributed by atoms with Gasteiger partial charge in [-0.3, -0.25) is 9.59 Å². The molecule has 1 aliphatic heterocycles. The molecule has 0 spiro atoms.